The first-order valence-corrected chi connectivity index (χ1v) is 28.8. The Balaban J connectivity index is 0. The molecule has 394 valence electrons. The van der Waals surface area contributed by atoms with Crippen LogP contribution in [-0.2, 0) is 0 Å². The summed E-state index contributed by atoms with van der Waals surface area (Å²) in [4.78, 5) is 15.5. The van der Waals surface area contributed by atoms with E-state index in [1.807, 2.05) is 27.7 Å². The van der Waals surface area contributed by atoms with Crippen molar-refractivity contribution in [1.82, 2.24) is 29.4 Å². The average Bonchev–Trinajstić information content (AvgIpc) is 3.42. The summed E-state index contributed by atoms with van der Waals surface area (Å²) in [5.74, 6) is 1.87. The minimum absolute atomic E-state index is 0.389. The molecule has 0 aromatic carbocycles. The number of piperidine rings is 3. The minimum Gasteiger partial charge on any atom is -0.301 e. The Morgan fingerprint density at radius 3 is 0.708 bits per heavy atom. The van der Waals surface area contributed by atoms with Crippen LogP contribution in [0.15, 0.2) is 0 Å². The molecule has 0 N–H and O–H groups in total. The zero-order valence-electron chi connectivity index (χ0n) is 49.5. The van der Waals surface area contributed by atoms with Gasteiger partial charge < -0.3 is 9.80 Å². The predicted molar refractivity (Wildman–Crippen MR) is 298 cm³/mol. The molecule has 6 heteroatoms. The first-order valence-electron chi connectivity index (χ1n) is 28.8. The van der Waals surface area contributed by atoms with Gasteiger partial charge in [-0.1, -0.05) is 80.1 Å². The van der Waals surface area contributed by atoms with Crippen LogP contribution < -0.4 is 0 Å². The Labute approximate surface area is 413 Å². The van der Waals surface area contributed by atoms with E-state index in [0.29, 0.717) is 22.2 Å². The molecule has 0 bridgehead atoms. The van der Waals surface area contributed by atoms with E-state index in [-0.39, 0.29) is 0 Å². The Bertz CT molecular complexity index is 937. The van der Waals surface area contributed by atoms with Crippen LogP contribution in [0.1, 0.15) is 261 Å². The van der Waals surface area contributed by atoms with Crippen molar-refractivity contribution in [3.63, 3.8) is 0 Å². The van der Waals surface area contributed by atoms with Crippen molar-refractivity contribution >= 4 is 0 Å². The maximum atomic E-state index is 2.59. The number of likely N-dealkylation sites (tertiary alicyclic amines) is 6. The zero-order valence-corrected chi connectivity index (χ0v) is 49.5. The highest BCUT2D eigenvalue weighted by Crippen LogP contribution is 2.25. The molecule has 0 saturated carbocycles. The van der Waals surface area contributed by atoms with Gasteiger partial charge in [-0.25, -0.2) is 0 Å². The molecular formula is C59H128N6. The summed E-state index contributed by atoms with van der Waals surface area (Å²) >= 11 is 0. The molecule has 6 heterocycles. The average molecular weight is 922 g/mol. The van der Waals surface area contributed by atoms with Crippen LogP contribution in [-0.4, -0.2) is 142 Å². The maximum Gasteiger partial charge on any atom is 0.0125 e. The van der Waals surface area contributed by atoms with Gasteiger partial charge in [-0.05, 0) is 265 Å². The molecule has 0 spiro atoms. The van der Waals surface area contributed by atoms with Crippen LogP contribution >= 0.6 is 0 Å². The van der Waals surface area contributed by atoms with E-state index >= 15 is 0 Å². The van der Waals surface area contributed by atoms with Gasteiger partial charge in [0.25, 0.3) is 0 Å². The third-order valence-corrected chi connectivity index (χ3v) is 14.5. The summed E-state index contributed by atoms with van der Waals surface area (Å²) in [6, 6.07) is 1.52. The van der Waals surface area contributed by atoms with Crippen molar-refractivity contribution in [2.45, 2.75) is 296 Å². The Hall–Kier alpha value is -0.240. The third-order valence-electron chi connectivity index (χ3n) is 14.5. The topological polar surface area (TPSA) is 19.4 Å². The summed E-state index contributed by atoms with van der Waals surface area (Å²) in [6.45, 7) is 65.3. The Morgan fingerprint density at radius 1 is 0.292 bits per heavy atom. The van der Waals surface area contributed by atoms with Gasteiger partial charge in [-0.15, -0.1) is 0 Å². The molecule has 6 nitrogen and oxygen atoms in total. The maximum absolute atomic E-state index is 2.59. The fourth-order valence-corrected chi connectivity index (χ4v) is 9.58. The lowest BCUT2D eigenvalue weighted by Gasteiger charge is -2.40. The molecule has 6 fully saturated rings. The van der Waals surface area contributed by atoms with Crippen LogP contribution in [0.3, 0.4) is 0 Å². The van der Waals surface area contributed by atoms with Gasteiger partial charge in [0.1, 0.15) is 0 Å². The van der Waals surface area contributed by atoms with E-state index in [2.05, 4.69) is 154 Å². The standard InChI is InChI=1S/C10H21N.5C9H19N.2C2H6/c1-9-5-7-11(8-6-9)10(2,3)4;1-8-5-6-10(7-8)9(2,3)4;2*1-9(2,3)10-7-5-4-6-8-10;2*1-9(2)10-7-5-3-4-6-8-10;2*1-2/h9H,5-8H2,1-4H3;8H,5-7H2,1-4H3;2*4-8H2,1-3H3;2*9H,3-8H2,1-2H3;2*1-2H3. The van der Waals surface area contributed by atoms with E-state index in [9.17, 15) is 0 Å². The Kier molecular flexibility index (Phi) is 37.7. The molecule has 0 amide bonds. The minimum atomic E-state index is 0.389. The summed E-state index contributed by atoms with van der Waals surface area (Å²) in [5.41, 5.74) is 1.59. The number of rotatable bonds is 2. The largest absolute Gasteiger partial charge is 0.301 e. The molecule has 6 saturated heterocycles. The molecule has 6 aliphatic heterocycles. The summed E-state index contributed by atoms with van der Waals surface area (Å²) in [7, 11) is 0. The molecule has 1 atom stereocenters. The highest BCUT2D eigenvalue weighted by molar-refractivity contribution is 4.83. The van der Waals surface area contributed by atoms with Gasteiger partial charge in [-0.3, -0.25) is 19.6 Å². The summed E-state index contributed by atoms with van der Waals surface area (Å²) in [5, 5.41) is 0. The monoisotopic (exact) mass is 921 g/mol. The summed E-state index contributed by atoms with van der Waals surface area (Å²) < 4.78 is 0. The van der Waals surface area contributed by atoms with E-state index < -0.39 is 0 Å². The second kappa shape index (κ2) is 36.7. The smallest absolute Gasteiger partial charge is 0.0125 e. The summed E-state index contributed by atoms with van der Waals surface area (Å²) in [6.07, 6.45) is 24.1. The molecule has 0 radical (unpaired) electrons. The third kappa shape index (κ3) is 33.9. The van der Waals surface area contributed by atoms with E-state index in [1.165, 1.54) is 188 Å². The molecule has 0 aromatic heterocycles. The van der Waals surface area contributed by atoms with Crippen molar-refractivity contribution in [2.24, 2.45) is 11.8 Å². The fourth-order valence-electron chi connectivity index (χ4n) is 9.58. The van der Waals surface area contributed by atoms with E-state index in [4.69, 9.17) is 0 Å². The van der Waals surface area contributed by atoms with Crippen LogP contribution in [0.25, 0.3) is 0 Å². The van der Waals surface area contributed by atoms with Crippen molar-refractivity contribution < 1.29 is 0 Å². The quantitative estimate of drug-likeness (QED) is 0.273. The lowest BCUT2D eigenvalue weighted by molar-refractivity contribution is 0.0916. The SMILES string of the molecule is CC.CC.CC(C)(C)N1CCCCC1.CC(C)(C)N1CCCCC1.CC(C)N1CCCCCC1.CC(C)N1CCCCCC1.CC1CCN(C(C)(C)C)C1.CC1CCN(C(C)(C)C)CC1. The lowest BCUT2D eigenvalue weighted by Crippen LogP contribution is -2.45. The van der Waals surface area contributed by atoms with Gasteiger partial charge in [0.05, 0.1) is 0 Å². The molecule has 6 aliphatic rings. The van der Waals surface area contributed by atoms with Crippen molar-refractivity contribution in [3.05, 3.63) is 0 Å². The van der Waals surface area contributed by atoms with Gasteiger partial charge >= 0.3 is 0 Å². The predicted octanol–water partition coefficient (Wildman–Crippen LogP) is 15.8. The van der Waals surface area contributed by atoms with E-state index in [1.54, 1.807) is 0 Å². The normalized spacial score (nSPS) is 23.0. The highest BCUT2D eigenvalue weighted by Gasteiger charge is 2.28. The van der Waals surface area contributed by atoms with Gasteiger partial charge in [0, 0.05) is 40.8 Å². The first-order chi connectivity index (χ1) is 30.3. The van der Waals surface area contributed by atoms with Gasteiger partial charge in [0.2, 0.25) is 0 Å². The van der Waals surface area contributed by atoms with Crippen LogP contribution in [0.4, 0.5) is 0 Å². The number of hydrogen-bond donors (Lipinski definition) is 0. The molecular weight excluding hydrogens is 793 g/mol. The van der Waals surface area contributed by atoms with Gasteiger partial charge in [0.15, 0.2) is 0 Å². The van der Waals surface area contributed by atoms with Crippen LogP contribution in [0.5, 0.6) is 0 Å². The molecule has 1 unspecified atom stereocenters. The van der Waals surface area contributed by atoms with Crippen LogP contribution in [0, 0.1) is 11.8 Å². The molecule has 65 heavy (non-hydrogen) atoms. The lowest BCUT2D eigenvalue weighted by atomic mass is 9.95. The van der Waals surface area contributed by atoms with Gasteiger partial charge in [-0.2, -0.15) is 0 Å². The molecule has 6 rings (SSSR count). The second-order valence-corrected chi connectivity index (χ2v) is 24.9. The second-order valence-electron chi connectivity index (χ2n) is 24.9. The van der Waals surface area contributed by atoms with Crippen molar-refractivity contribution in [2.75, 3.05) is 78.5 Å². The molecule has 0 aliphatic carbocycles. The fraction of sp³-hybridized carbons (Fsp3) is 1.00. The van der Waals surface area contributed by atoms with Crippen LogP contribution in [0.2, 0.25) is 0 Å². The van der Waals surface area contributed by atoms with Crippen molar-refractivity contribution in [3.8, 4) is 0 Å². The number of nitrogens with zero attached hydrogens (tertiary/aromatic N) is 6. The Morgan fingerprint density at radius 2 is 0.508 bits per heavy atom. The van der Waals surface area contributed by atoms with E-state index in [0.717, 1.165) is 23.9 Å². The molecule has 0 aromatic rings. The highest BCUT2D eigenvalue weighted by atomic mass is 15.2. The van der Waals surface area contributed by atoms with Crippen molar-refractivity contribution in [1.29, 1.82) is 0 Å². The number of hydrogen-bond acceptors (Lipinski definition) is 6. The first kappa shape index (κ1) is 66.8. The zero-order chi connectivity index (χ0) is 50.3.